The second-order valence-electron chi connectivity index (χ2n) is 8.36. The Morgan fingerprint density at radius 2 is 2.12 bits per heavy atom. The molecule has 0 bridgehead atoms. The van der Waals surface area contributed by atoms with Gasteiger partial charge >= 0.3 is 0 Å². The van der Waals surface area contributed by atoms with E-state index in [0.29, 0.717) is 11.3 Å². The van der Waals surface area contributed by atoms with Crippen LogP contribution < -0.4 is 0 Å². The number of amides is 1. The average molecular weight is 326 g/mol. The smallest absolute Gasteiger partial charge is 0.254 e. The second-order valence-corrected chi connectivity index (χ2v) is 8.36. The number of hydrogen-bond acceptors (Lipinski definition) is 2. The van der Waals surface area contributed by atoms with E-state index >= 15 is 0 Å². The van der Waals surface area contributed by atoms with Crippen LogP contribution in [-0.2, 0) is 11.8 Å². The summed E-state index contributed by atoms with van der Waals surface area (Å²) >= 11 is 0. The van der Waals surface area contributed by atoms with Crippen molar-refractivity contribution >= 4 is 16.8 Å². The average Bonchev–Trinajstić information content (AvgIpc) is 3.06. The predicted octanol–water partition coefficient (Wildman–Crippen LogP) is 3.31. The molecule has 1 amide bonds. The van der Waals surface area contributed by atoms with Crippen LogP contribution >= 0.6 is 0 Å². The topological polar surface area (TPSA) is 34.5 Å². The standard InChI is InChI=1S/C20H26N2O2/c1-19(2)11-20(13-24-4)12-22(10-17(19)20)18(23)15-6-5-7-16-14(15)8-9-21(16)3/h5-9,17H,10-13H2,1-4H3/t17-,20-/m1/s1. The van der Waals surface area contributed by atoms with Gasteiger partial charge in [-0.05, 0) is 36.0 Å². The number of likely N-dealkylation sites (tertiary alicyclic amines) is 1. The lowest BCUT2D eigenvalue weighted by Gasteiger charge is -2.56. The largest absolute Gasteiger partial charge is 0.384 e. The molecule has 0 radical (unpaired) electrons. The zero-order valence-electron chi connectivity index (χ0n) is 15.0. The molecule has 2 aliphatic rings. The molecule has 1 aromatic carbocycles. The van der Waals surface area contributed by atoms with Crippen LogP contribution in [0, 0.1) is 16.7 Å². The van der Waals surface area contributed by atoms with Gasteiger partial charge in [-0.2, -0.15) is 0 Å². The Kier molecular flexibility index (Phi) is 3.33. The molecule has 1 aromatic heterocycles. The predicted molar refractivity (Wildman–Crippen MR) is 95.0 cm³/mol. The monoisotopic (exact) mass is 326 g/mol. The first-order chi connectivity index (χ1) is 11.4. The van der Waals surface area contributed by atoms with Crippen LogP contribution in [0.5, 0.6) is 0 Å². The molecule has 4 nitrogen and oxygen atoms in total. The summed E-state index contributed by atoms with van der Waals surface area (Å²) in [6.45, 7) is 7.05. The van der Waals surface area contributed by atoms with E-state index in [9.17, 15) is 4.79 Å². The molecule has 2 fully saturated rings. The van der Waals surface area contributed by atoms with Crippen molar-refractivity contribution in [2.45, 2.75) is 20.3 Å². The third-order valence-corrected chi connectivity index (χ3v) is 6.28. The number of nitrogens with zero attached hydrogens (tertiary/aromatic N) is 2. The van der Waals surface area contributed by atoms with Crippen molar-refractivity contribution in [2.75, 3.05) is 26.8 Å². The third-order valence-electron chi connectivity index (χ3n) is 6.28. The number of methoxy groups -OCH3 is 1. The first-order valence-electron chi connectivity index (χ1n) is 8.70. The van der Waals surface area contributed by atoms with Crippen LogP contribution in [0.2, 0.25) is 0 Å². The zero-order chi connectivity index (χ0) is 17.1. The fourth-order valence-electron chi connectivity index (χ4n) is 5.42. The van der Waals surface area contributed by atoms with Crippen LogP contribution in [0.25, 0.3) is 10.9 Å². The van der Waals surface area contributed by atoms with Gasteiger partial charge < -0.3 is 14.2 Å². The van der Waals surface area contributed by atoms with Crippen LogP contribution in [0.15, 0.2) is 30.5 Å². The molecule has 2 aromatic rings. The molecule has 0 unspecified atom stereocenters. The van der Waals surface area contributed by atoms with E-state index in [-0.39, 0.29) is 11.3 Å². The molecule has 4 rings (SSSR count). The van der Waals surface area contributed by atoms with Crippen molar-refractivity contribution in [3.63, 3.8) is 0 Å². The zero-order valence-corrected chi connectivity index (χ0v) is 15.0. The van der Waals surface area contributed by atoms with Gasteiger partial charge in [0.1, 0.15) is 0 Å². The van der Waals surface area contributed by atoms with Crippen molar-refractivity contribution in [1.29, 1.82) is 0 Å². The summed E-state index contributed by atoms with van der Waals surface area (Å²) in [5, 5.41) is 1.05. The van der Waals surface area contributed by atoms with E-state index in [1.165, 1.54) is 0 Å². The SMILES string of the molecule is COC[C@@]12CN(C(=O)c3cccc4c3ccn4C)C[C@@H]1C(C)(C)C2. The summed E-state index contributed by atoms with van der Waals surface area (Å²) < 4.78 is 7.57. The van der Waals surface area contributed by atoms with Gasteiger partial charge in [0.15, 0.2) is 0 Å². The number of ether oxygens (including phenoxy) is 1. The van der Waals surface area contributed by atoms with Crippen LogP contribution in [0.1, 0.15) is 30.6 Å². The summed E-state index contributed by atoms with van der Waals surface area (Å²) in [6, 6.07) is 8.05. The molecule has 1 saturated carbocycles. The second kappa shape index (κ2) is 5.09. The number of carbonyl (C=O) groups excluding carboxylic acids is 1. The lowest BCUT2D eigenvalue weighted by Crippen LogP contribution is -2.55. The molecule has 128 valence electrons. The Hall–Kier alpha value is -1.81. The summed E-state index contributed by atoms with van der Waals surface area (Å²) in [6.07, 6.45) is 3.16. The quantitative estimate of drug-likeness (QED) is 0.867. The normalized spacial score (nSPS) is 28.0. The summed E-state index contributed by atoms with van der Waals surface area (Å²) in [7, 11) is 3.79. The van der Waals surface area contributed by atoms with Gasteiger partial charge in [0.2, 0.25) is 0 Å². The molecule has 1 aliphatic carbocycles. The van der Waals surface area contributed by atoms with Gasteiger partial charge in [-0.15, -0.1) is 0 Å². The summed E-state index contributed by atoms with van der Waals surface area (Å²) in [5.74, 6) is 0.691. The Balaban J connectivity index is 1.66. The molecular weight excluding hydrogens is 300 g/mol. The van der Waals surface area contributed by atoms with E-state index < -0.39 is 0 Å². The Morgan fingerprint density at radius 1 is 1.33 bits per heavy atom. The Morgan fingerprint density at radius 3 is 2.83 bits per heavy atom. The first kappa shape index (κ1) is 15.7. The molecule has 1 aliphatic heterocycles. The molecular formula is C20H26N2O2. The minimum absolute atomic E-state index is 0.151. The van der Waals surface area contributed by atoms with Gasteiger partial charge in [0.25, 0.3) is 5.91 Å². The lowest BCUT2D eigenvalue weighted by atomic mass is 9.48. The fourth-order valence-corrected chi connectivity index (χ4v) is 5.42. The van der Waals surface area contributed by atoms with E-state index in [2.05, 4.69) is 29.4 Å². The third kappa shape index (κ3) is 2.05. The van der Waals surface area contributed by atoms with E-state index in [0.717, 1.165) is 42.6 Å². The number of benzene rings is 1. The molecule has 1 saturated heterocycles. The maximum absolute atomic E-state index is 13.2. The van der Waals surface area contributed by atoms with Gasteiger partial charge in [-0.25, -0.2) is 0 Å². The minimum atomic E-state index is 0.151. The van der Waals surface area contributed by atoms with Crippen molar-refractivity contribution in [2.24, 2.45) is 23.8 Å². The number of carbonyl (C=O) groups is 1. The van der Waals surface area contributed by atoms with Gasteiger partial charge in [0, 0.05) is 55.3 Å². The van der Waals surface area contributed by atoms with E-state index in [1.54, 1.807) is 7.11 Å². The number of hydrogen-bond donors (Lipinski definition) is 0. The fraction of sp³-hybridized carbons (Fsp3) is 0.550. The molecule has 0 N–H and O–H groups in total. The Labute approximate surface area is 143 Å². The molecule has 24 heavy (non-hydrogen) atoms. The molecule has 0 spiro atoms. The number of aryl methyl sites for hydroxylation is 1. The maximum Gasteiger partial charge on any atom is 0.254 e. The van der Waals surface area contributed by atoms with E-state index in [1.807, 2.05) is 31.4 Å². The Bertz CT molecular complexity index is 807. The maximum atomic E-state index is 13.2. The number of fused-ring (bicyclic) bond motifs is 2. The van der Waals surface area contributed by atoms with Crippen LogP contribution in [0.3, 0.4) is 0 Å². The van der Waals surface area contributed by atoms with Crippen LogP contribution in [0.4, 0.5) is 0 Å². The minimum Gasteiger partial charge on any atom is -0.384 e. The highest BCUT2D eigenvalue weighted by Gasteiger charge is 2.63. The first-order valence-corrected chi connectivity index (χ1v) is 8.70. The van der Waals surface area contributed by atoms with Gasteiger partial charge in [0.05, 0.1) is 6.61 Å². The van der Waals surface area contributed by atoms with Crippen molar-refractivity contribution in [3.05, 3.63) is 36.0 Å². The highest BCUT2D eigenvalue weighted by Crippen LogP contribution is 2.62. The van der Waals surface area contributed by atoms with E-state index in [4.69, 9.17) is 4.74 Å². The van der Waals surface area contributed by atoms with Gasteiger partial charge in [-0.1, -0.05) is 19.9 Å². The van der Waals surface area contributed by atoms with Crippen LogP contribution in [-0.4, -0.2) is 42.2 Å². The highest BCUT2D eigenvalue weighted by molar-refractivity contribution is 6.06. The van der Waals surface area contributed by atoms with Crippen molar-refractivity contribution in [1.82, 2.24) is 9.47 Å². The number of rotatable bonds is 3. The van der Waals surface area contributed by atoms with Crippen molar-refractivity contribution < 1.29 is 9.53 Å². The lowest BCUT2D eigenvalue weighted by molar-refractivity contribution is -0.107. The molecule has 2 atom stereocenters. The summed E-state index contributed by atoms with van der Waals surface area (Å²) in [5.41, 5.74) is 2.37. The van der Waals surface area contributed by atoms with Crippen molar-refractivity contribution in [3.8, 4) is 0 Å². The summed E-state index contributed by atoms with van der Waals surface area (Å²) in [4.78, 5) is 15.3. The van der Waals surface area contributed by atoms with Gasteiger partial charge in [-0.3, -0.25) is 4.79 Å². The molecule has 2 heterocycles. The number of aromatic nitrogens is 1. The molecule has 4 heteroatoms. The highest BCUT2D eigenvalue weighted by atomic mass is 16.5.